The third-order valence-electron chi connectivity index (χ3n) is 3.07. The van der Waals surface area contributed by atoms with Crippen LogP contribution in [0.15, 0.2) is 60.8 Å². The summed E-state index contributed by atoms with van der Waals surface area (Å²) in [6.07, 6.45) is 6.55. The first-order valence-electron chi connectivity index (χ1n) is 6.69. The molecule has 0 saturated heterocycles. The Hall–Kier alpha value is -3.19. The molecule has 4 nitrogen and oxygen atoms in total. The lowest BCUT2D eigenvalue weighted by Gasteiger charge is -2.05. The van der Waals surface area contributed by atoms with Crippen LogP contribution in [-0.2, 0) is 4.79 Å². The zero-order chi connectivity index (χ0) is 15.9. The van der Waals surface area contributed by atoms with Gasteiger partial charge in [-0.1, -0.05) is 36.4 Å². The highest BCUT2D eigenvalue weighted by atomic mass is 16.4. The average molecular weight is 290 g/mol. The lowest BCUT2D eigenvalue weighted by molar-refractivity contribution is -0.130. The number of nitriles is 1. The van der Waals surface area contributed by atoms with Gasteiger partial charge in [-0.05, 0) is 30.7 Å². The first-order chi connectivity index (χ1) is 10.7. The van der Waals surface area contributed by atoms with Crippen LogP contribution in [0.3, 0.4) is 0 Å². The minimum atomic E-state index is -0.970. The fourth-order valence-electron chi connectivity index (χ4n) is 1.93. The summed E-state index contributed by atoms with van der Waals surface area (Å²) in [5, 5.41) is 18.0. The van der Waals surface area contributed by atoms with Gasteiger partial charge < -0.3 is 5.11 Å². The predicted octanol–water partition coefficient (Wildman–Crippen LogP) is 3.66. The normalized spacial score (nSPS) is 11.4. The number of carboxylic acid groups (broad SMARTS) is 1. The van der Waals surface area contributed by atoms with Crippen LogP contribution in [0.1, 0.15) is 18.1 Å². The summed E-state index contributed by atoms with van der Waals surface area (Å²) in [6.45, 7) is 1.83. The van der Waals surface area contributed by atoms with Gasteiger partial charge in [-0.15, -0.1) is 0 Å². The van der Waals surface area contributed by atoms with Crippen molar-refractivity contribution in [2.24, 2.45) is 0 Å². The zero-order valence-corrected chi connectivity index (χ0v) is 12.0. The number of carboxylic acids is 1. The molecule has 1 heterocycles. The number of nitrogens with zero attached hydrogens (tertiary/aromatic N) is 2. The monoisotopic (exact) mass is 290 g/mol. The molecule has 0 amide bonds. The second-order valence-electron chi connectivity index (χ2n) is 4.53. The zero-order valence-electron chi connectivity index (χ0n) is 12.0. The Bertz CT molecular complexity index is 764. The first kappa shape index (κ1) is 15.2. The molecule has 0 aliphatic carbocycles. The molecule has 0 radical (unpaired) electrons. The van der Waals surface area contributed by atoms with E-state index >= 15 is 0 Å². The van der Waals surface area contributed by atoms with E-state index in [1.807, 2.05) is 25.1 Å². The third-order valence-corrected chi connectivity index (χ3v) is 3.07. The summed E-state index contributed by atoms with van der Waals surface area (Å²) in [5.74, 6) is -0.970. The number of pyridine rings is 1. The van der Waals surface area contributed by atoms with Gasteiger partial charge in [0.25, 0.3) is 0 Å². The molecule has 22 heavy (non-hydrogen) atoms. The van der Waals surface area contributed by atoms with Crippen molar-refractivity contribution < 1.29 is 9.90 Å². The lowest BCUT2D eigenvalue weighted by atomic mass is 10.0. The van der Waals surface area contributed by atoms with Crippen LogP contribution in [0.5, 0.6) is 0 Å². The maximum Gasteiger partial charge on any atom is 0.336 e. The molecular weight excluding hydrogens is 276 g/mol. The summed E-state index contributed by atoms with van der Waals surface area (Å²) >= 11 is 0. The predicted molar refractivity (Wildman–Crippen MR) is 84.8 cm³/mol. The van der Waals surface area contributed by atoms with E-state index < -0.39 is 5.97 Å². The molecule has 1 aromatic carbocycles. The Morgan fingerprint density at radius 2 is 1.95 bits per heavy atom. The van der Waals surface area contributed by atoms with Crippen molar-refractivity contribution in [1.29, 1.82) is 5.26 Å². The van der Waals surface area contributed by atoms with Crippen LogP contribution < -0.4 is 0 Å². The van der Waals surface area contributed by atoms with E-state index in [0.717, 1.165) is 11.3 Å². The van der Waals surface area contributed by atoms with Crippen LogP contribution in [0.25, 0.3) is 16.8 Å². The van der Waals surface area contributed by atoms with Gasteiger partial charge in [-0.25, -0.2) is 4.79 Å². The third kappa shape index (κ3) is 3.47. The van der Waals surface area contributed by atoms with E-state index in [1.54, 1.807) is 42.5 Å². The molecule has 1 aromatic heterocycles. The highest BCUT2D eigenvalue weighted by Crippen LogP contribution is 2.21. The molecule has 0 unspecified atom stereocenters. The molecule has 2 rings (SSSR count). The van der Waals surface area contributed by atoms with Gasteiger partial charge in [0.2, 0.25) is 0 Å². The number of carbonyl (C=O) groups is 1. The van der Waals surface area contributed by atoms with E-state index in [2.05, 4.69) is 4.98 Å². The Morgan fingerprint density at radius 3 is 2.45 bits per heavy atom. The molecule has 1 N–H and O–H groups in total. The number of aromatic nitrogens is 1. The Morgan fingerprint density at radius 1 is 1.23 bits per heavy atom. The number of hydrogen-bond donors (Lipinski definition) is 1. The summed E-state index contributed by atoms with van der Waals surface area (Å²) < 4.78 is 0. The molecular formula is C18H14N2O2. The van der Waals surface area contributed by atoms with Crippen molar-refractivity contribution in [2.45, 2.75) is 6.92 Å². The summed E-state index contributed by atoms with van der Waals surface area (Å²) in [7, 11) is 0. The van der Waals surface area contributed by atoms with Gasteiger partial charge in [0.15, 0.2) is 0 Å². The van der Waals surface area contributed by atoms with Crippen LogP contribution in [0, 0.1) is 11.3 Å². The Balaban J connectivity index is 2.33. The van der Waals surface area contributed by atoms with E-state index in [1.165, 1.54) is 6.20 Å². The van der Waals surface area contributed by atoms with Gasteiger partial charge in [-0.2, -0.15) is 5.26 Å². The quantitative estimate of drug-likeness (QED) is 0.688. The molecule has 2 aromatic rings. The highest BCUT2D eigenvalue weighted by Gasteiger charge is 2.09. The van der Waals surface area contributed by atoms with E-state index in [-0.39, 0.29) is 5.57 Å². The number of benzene rings is 1. The van der Waals surface area contributed by atoms with Crippen LogP contribution in [0.2, 0.25) is 0 Å². The van der Waals surface area contributed by atoms with Crippen LogP contribution in [-0.4, -0.2) is 16.1 Å². The molecule has 0 atom stereocenters. The fraction of sp³-hybridized carbons (Fsp3) is 0.0556. The molecule has 0 aliphatic heterocycles. The molecule has 0 saturated carbocycles. The largest absolute Gasteiger partial charge is 0.478 e. The number of rotatable bonds is 4. The minimum absolute atomic E-state index is 0.234. The van der Waals surface area contributed by atoms with Gasteiger partial charge in [0.05, 0.1) is 16.8 Å². The van der Waals surface area contributed by atoms with Crippen molar-refractivity contribution in [2.75, 3.05) is 0 Å². The summed E-state index contributed by atoms with van der Waals surface area (Å²) in [6, 6.07) is 12.6. The molecule has 0 fully saturated rings. The fourth-order valence-corrected chi connectivity index (χ4v) is 1.93. The topological polar surface area (TPSA) is 74.0 Å². The van der Waals surface area contributed by atoms with Crippen molar-refractivity contribution in [3.63, 3.8) is 0 Å². The number of aliphatic carboxylic acids is 1. The second-order valence-corrected chi connectivity index (χ2v) is 4.53. The highest BCUT2D eigenvalue weighted by molar-refractivity contribution is 6.15. The summed E-state index contributed by atoms with van der Waals surface area (Å²) in [5.41, 5.74) is 2.96. The van der Waals surface area contributed by atoms with Crippen molar-refractivity contribution in [3.8, 4) is 17.3 Å². The van der Waals surface area contributed by atoms with E-state index in [4.69, 9.17) is 5.26 Å². The standard InChI is InChI=1S/C18H14N2O2/c1-2-3-4-16(18(21)22)14-6-8-15(9-7-14)17-10-5-13(11-19)12-20-17/h2-10,12H,1H3,(H,21,22)/b3-2+,16-4+. The minimum Gasteiger partial charge on any atom is -0.478 e. The SMILES string of the molecule is C/C=C/C=C(/C(=O)O)c1ccc(-c2ccc(C#N)cn2)cc1. The van der Waals surface area contributed by atoms with Crippen LogP contribution in [0.4, 0.5) is 0 Å². The van der Waals surface area contributed by atoms with Gasteiger partial charge in [0, 0.05) is 11.8 Å². The number of hydrogen-bond acceptors (Lipinski definition) is 3. The Labute approximate surface area is 128 Å². The maximum atomic E-state index is 11.3. The Kier molecular flexibility index (Phi) is 4.84. The average Bonchev–Trinajstić information content (AvgIpc) is 2.55. The van der Waals surface area contributed by atoms with Gasteiger partial charge >= 0.3 is 5.97 Å². The van der Waals surface area contributed by atoms with Gasteiger partial charge in [0.1, 0.15) is 6.07 Å². The molecule has 0 aliphatic rings. The van der Waals surface area contributed by atoms with Crippen molar-refractivity contribution in [3.05, 3.63) is 72.0 Å². The van der Waals surface area contributed by atoms with Gasteiger partial charge in [-0.3, -0.25) is 4.98 Å². The number of allylic oxidation sites excluding steroid dienone is 3. The smallest absolute Gasteiger partial charge is 0.336 e. The molecule has 0 bridgehead atoms. The second kappa shape index (κ2) is 7.00. The molecule has 0 spiro atoms. The van der Waals surface area contributed by atoms with Crippen molar-refractivity contribution >= 4 is 11.5 Å². The van der Waals surface area contributed by atoms with Crippen molar-refractivity contribution in [1.82, 2.24) is 4.98 Å². The lowest BCUT2D eigenvalue weighted by Crippen LogP contribution is -1.99. The maximum absolute atomic E-state index is 11.3. The van der Waals surface area contributed by atoms with E-state index in [9.17, 15) is 9.90 Å². The molecule has 4 heteroatoms. The molecule has 108 valence electrons. The van der Waals surface area contributed by atoms with Crippen LogP contribution >= 0.6 is 0 Å². The summed E-state index contributed by atoms with van der Waals surface area (Å²) in [4.78, 5) is 15.5. The first-order valence-corrected chi connectivity index (χ1v) is 6.69. The van der Waals surface area contributed by atoms with E-state index in [0.29, 0.717) is 11.1 Å².